The number of benzene rings is 2. The number of hydrogen-bond donors (Lipinski definition) is 1. The van der Waals surface area contributed by atoms with E-state index in [4.69, 9.17) is 40.5 Å². The van der Waals surface area contributed by atoms with Crippen molar-refractivity contribution in [3.63, 3.8) is 0 Å². The van der Waals surface area contributed by atoms with Crippen molar-refractivity contribution >= 4 is 50.7 Å². The standard InChI is InChI=1S/C13H9BrCl3N/c14-10-3-1-2-9(12(10)17)13(18)8-5-4-7(15)6-11(8)16/h1-6,13H,18H2. The van der Waals surface area contributed by atoms with E-state index >= 15 is 0 Å². The molecular weight excluding hydrogens is 356 g/mol. The van der Waals surface area contributed by atoms with Crippen LogP contribution in [0.15, 0.2) is 40.9 Å². The van der Waals surface area contributed by atoms with Gasteiger partial charge in [0.15, 0.2) is 0 Å². The van der Waals surface area contributed by atoms with E-state index < -0.39 is 0 Å². The van der Waals surface area contributed by atoms with Crippen LogP contribution in [0.4, 0.5) is 0 Å². The zero-order valence-electron chi connectivity index (χ0n) is 9.13. The Bertz CT molecular complexity index is 586. The van der Waals surface area contributed by atoms with Crippen LogP contribution in [-0.4, -0.2) is 0 Å². The van der Waals surface area contributed by atoms with Gasteiger partial charge in [0, 0.05) is 14.5 Å². The van der Waals surface area contributed by atoms with Gasteiger partial charge in [-0.2, -0.15) is 0 Å². The smallest absolute Gasteiger partial charge is 0.0599 e. The Morgan fingerprint density at radius 3 is 2.39 bits per heavy atom. The first-order valence-electron chi connectivity index (χ1n) is 5.15. The Labute approximate surface area is 129 Å². The van der Waals surface area contributed by atoms with Crippen LogP contribution in [0.2, 0.25) is 15.1 Å². The maximum atomic E-state index is 6.23. The van der Waals surface area contributed by atoms with Crippen LogP contribution < -0.4 is 5.73 Å². The molecule has 0 radical (unpaired) electrons. The van der Waals surface area contributed by atoms with Crippen molar-refractivity contribution in [2.75, 3.05) is 0 Å². The predicted octanol–water partition coefficient (Wildman–Crippen LogP) is 5.46. The maximum absolute atomic E-state index is 6.23. The molecule has 0 aromatic heterocycles. The van der Waals surface area contributed by atoms with E-state index in [1.165, 1.54) is 0 Å². The topological polar surface area (TPSA) is 26.0 Å². The van der Waals surface area contributed by atoms with Gasteiger partial charge in [-0.05, 0) is 45.3 Å². The summed E-state index contributed by atoms with van der Waals surface area (Å²) in [7, 11) is 0. The van der Waals surface area contributed by atoms with Gasteiger partial charge in [0.1, 0.15) is 0 Å². The fourth-order valence-electron chi connectivity index (χ4n) is 1.68. The summed E-state index contributed by atoms with van der Waals surface area (Å²) in [5.41, 5.74) is 7.81. The molecule has 2 aromatic carbocycles. The molecule has 1 unspecified atom stereocenters. The Morgan fingerprint density at radius 2 is 1.72 bits per heavy atom. The number of rotatable bonds is 2. The molecule has 0 amide bonds. The van der Waals surface area contributed by atoms with Crippen molar-refractivity contribution in [1.82, 2.24) is 0 Å². The fourth-order valence-corrected chi connectivity index (χ4v) is 2.83. The van der Waals surface area contributed by atoms with E-state index in [1.54, 1.807) is 12.1 Å². The third kappa shape index (κ3) is 2.84. The van der Waals surface area contributed by atoms with Crippen LogP contribution in [0.5, 0.6) is 0 Å². The second-order valence-electron chi connectivity index (χ2n) is 3.79. The molecule has 94 valence electrons. The van der Waals surface area contributed by atoms with Crippen molar-refractivity contribution in [3.8, 4) is 0 Å². The highest BCUT2D eigenvalue weighted by Crippen LogP contribution is 2.35. The fraction of sp³-hybridized carbons (Fsp3) is 0.0769. The average molecular weight is 365 g/mol. The van der Waals surface area contributed by atoms with Crippen LogP contribution in [0.25, 0.3) is 0 Å². The minimum Gasteiger partial charge on any atom is -0.320 e. The normalized spacial score (nSPS) is 12.5. The van der Waals surface area contributed by atoms with Crippen LogP contribution in [0, 0.1) is 0 Å². The summed E-state index contributed by atoms with van der Waals surface area (Å²) in [6.07, 6.45) is 0. The van der Waals surface area contributed by atoms with Crippen LogP contribution in [0.1, 0.15) is 17.2 Å². The zero-order chi connectivity index (χ0) is 13.3. The molecule has 0 aliphatic heterocycles. The summed E-state index contributed by atoms with van der Waals surface area (Å²) in [6, 6.07) is 10.5. The van der Waals surface area contributed by atoms with Crippen molar-refractivity contribution in [2.45, 2.75) is 6.04 Å². The van der Waals surface area contributed by atoms with E-state index in [1.807, 2.05) is 24.3 Å². The first-order valence-corrected chi connectivity index (χ1v) is 7.08. The molecule has 0 spiro atoms. The average Bonchev–Trinajstić information content (AvgIpc) is 2.32. The molecule has 2 aromatic rings. The van der Waals surface area contributed by atoms with Gasteiger partial charge in [0.05, 0.1) is 11.1 Å². The highest BCUT2D eigenvalue weighted by molar-refractivity contribution is 9.10. The molecule has 2 N–H and O–H groups in total. The van der Waals surface area contributed by atoms with Gasteiger partial charge >= 0.3 is 0 Å². The zero-order valence-corrected chi connectivity index (χ0v) is 13.0. The molecule has 0 saturated heterocycles. The lowest BCUT2D eigenvalue weighted by Crippen LogP contribution is -2.13. The highest BCUT2D eigenvalue weighted by atomic mass is 79.9. The Morgan fingerprint density at radius 1 is 1.00 bits per heavy atom. The molecule has 0 aliphatic carbocycles. The van der Waals surface area contributed by atoms with Crippen molar-refractivity contribution < 1.29 is 0 Å². The third-order valence-corrected chi connectivity index (χ3v) is 4.49. The first kappa shape index (κ1) is 14.2. The van der Waals surface area contributed by atoms with Crippen molar-refractivity contribution in [1.29, 1.82) is 0 Å². The third-order valence-electron chi connectivity index (χ3n) is 2.61. The Balaban J connectivity index is 2.48. The summed E-state index contributed by atoms with van der Waals surface area (Å²) in [4.78, 5) is 0. The molecule has 1 atom stereocenters. The molecule has 18 heavy (non-hydrogen) atoms. The SMILES string of the molecule is NC(c1ccc(Cl)cc1Cl)c1cccc(Br)c1Cl. The summed E-state index contributed by atoms with van der Waals surface area (Å²) in [5, 5.41) is 1.71. The maximum Gasteiger partial charge on any atom is 0.0599 e. The van der Waals surface area contributed by atoms with Gasteiger partial charge in [0.25, 0.3) is 0 Å². The van der Waals surface area contributed by atoms with Crippen molar-refractivity contribution in [3.05, 3.63) is 67.1 Å². The first-order chi connectivity index (χ1) is 8.50. The molecule has 0 fully saturated rings. The van der Waals surface area contributed by atoms with Crippen LogP contribution >= 0.6 is 50.7 Å². The quantitative estimate of drug-likeness (QED) is 0.752. The number of halogens is 4. The lowest BCUT2D eigenvalue weighted by molar-refractivity contribution is 0.871. The van der Waals surface area contributed by atoms with Gasteiger partial charge in [-0.1, -0.05) is 53.0 Å². The number of hydrogen-bond acceptors (Lipinski definition) is 1. The second kappa shape index (κ2) is 5.81. The monoisotopic (exact) mass is 363 g/mol. The van der Waals surface area contributed by atoms with Crippen LogP contribution in [-0.2, 0) is 0 Å². The lowest BCUT2D eigenvalue weighted by atomic mass is 9.99. The summed E-state index contributed by atoms with van der Waals surface area (Å²) in [6.45, 7) is 0. The molecule has 1 nitrogen and oxygen atoms in total. The predicted molar refractivity (Wildman–Crippen MR) is 81.6 cm³/mol. The lowest BCUT2D eigenvalue weighted by Gasteiger charge is -2.16. The van der Waals surface area contributed by atoms with Gasteiger partial charge in [-0.25, -0.2) is 0 Å². The van der Waals surface area contributed by atoms with E-state index in [2.05, 4.69) is 15.9 Å². The Hall–Kier alpha value is -0.250. The number of nitrogens with two attached hydrogens (primary N) is 1. The summed E-state index contributed by atoms with van der Waals surface area (Å²) >= 11 is 21.6. The molecule has 5 heteroatoms. The van der Waals surface area contributed by atoms with Gasteiger partial charge in [-0.15, -0.1) is 0 Å². The minimum absolute atomic E-state index is 0.389. The van der Waals surface area contributed by atoms with Crippen LogP contribution in [0.3, 0.4) is 0 Å². The van der Waals surface area contributed by atoms with E-state index in [0.29, 0.717) is 15.1 Å². The molecular formula is C13H9BrCl3N. The Kier molecular flexibility index (Phi) is 4.57. The van der Waals surface area contributed by atoms with Gasteiger partial charge < -0.3 is 5.73 Å². The minimum atomic E-state index is -0.389. The molecule has 0 bridgehead atoms. The molecule has 0 aliphatic rings. The largest absolute Gasteiger partial charge is 0.320 e. The van der Waals surface area contributed by atoms with Crippen molar-refractivity contribution in [2.24, 2.45) is 5.73 Å². The summed E-state index contributed by atoms with van der Waals surface area (Å²) < 4.78 is 0.808. The van der Waals surface area contributed by atoms with Gasteiger partial charge in [-0.3, -0.25) is 0 Å². The molecule has 0 saturated carbocycles. The summed E-state index contributed by atoms with van der Waals surface area (Å²) in [5.74, 6) is 0. The van der Waals surface area contributed by atoms with E-state index in [9.17, 15) is 0 Å². The highest BCUT2D eigenvalue weighted by Gasteiger charge is 2.16. The van der Waals surface area contributed by atoms with Gasteiger partial charge in [0.2, 0.25) is 0 Å². The van der Waals surface area contributed by atoms with E-state index in [0.717, 1.165) is 15.6 Å². The molecule has 0 heterocycles. The second-order valence-corrected chi connectivity index (χ2v) is 5.86. The molecule has 2 rings (SSSR count). The van der Waals surface area contributed by atoms with E-state index in [-0.39, 0.29) is 6.04 Å².